The Bertz CT molecular complexity index is 327. The maximum atomic E-state index is 9.42. The Morgan fingerprint density at radius 2 is 2.06 bits per heavy atom. The van der Waals surface area contributed by atoms with E-state index in [1.165, 1.54) is 0 Å². The number of furan rings is 1. The zero-order chi connectivity index (χ0) is 12.1. The van der Waals surface area contributed by atoms with Gasteiger partial charge in [-0.05, 0) is 57.2 Å². The van der Waals surface area contributed by atoms with E-state index in [4.69, 9.17) is 4.42 Å². The Balaban J connectivity index is 1.57. The van der Waals surface area contributed by atoms with Crippen LogP contribution in [0, 0.1) is 12.8 Å². The van der Waals surface area contributed by atoms with Gasteiger partial charge < -0.3 is 14.8 Å². The second-order valence-corrected chi connectivity index (χ2v) is 5.14. The molecular weight excluding hydrogens is 214 g/mol. The summed E-state index contributed by atoms with van der Waals surface area (Å²) in [6.45, 7) is 4.03. The zero-order valence-electron chi connectivity index (χ0n) is 10.6. The maximum Gasteiger partial charge on any atom is 0.105 e. The molecule has 1 heterocycles. The van der Waals surface area contributed by atoms with E-state index in [1.807, 2.05) is 19.1 Å². The largest absolute Gasteiger partial charge is 0.466 e. The molecule has 96 valence electrons. The summed E-state index contributed by atoms with van der Waals surface area (Å²) >= 11 is 0. The standard InChI is InChI=1S/C14H23NO2/c1-11-2-7-14(17-11)8-9-15-10-12-3-5-13(16)6-4-12/h2,7,12-13,15-16H,3-6,8-10H2,1H3. The van der Waals surface area contributed by atoms with Crippen molar-refractivity contribution in [3.8, 4) is 0 Å². The average Bonchev–Trinajstić information content (AvgIpc) is 2.73. The Labute approximate surface area is 103 Å². The minimum atomic E-state index is -0.0441. The van der Waals surface area contributed by atoms with Crippen LogP contribution in [0.4, 0.5) is 0 Å². The predicted octanol–water partition coefficient (Wildman–Crippen LogP) is 2.27. The van der Waals surface area contributed by atoms with Crippen molar-refractivity contribution < 1.29 is 9.52 Å². The van der Waals surface area contributed by atoms with Gasteiger partial charge in [0, 0.05) is 13.0 Å². The van der Waals surface area contributed by atoms with E-state index in [-0.39, 0.29) is 6.10 Å². The van der Waals surface area contributed by atoms with Crippen molar-refractivity contribution in [1.29, 1.82) is 0 Å². The van der Waals surface area contributed by atoms with Crippen molar-refractivity contribution in [3.05, 3.63) is 23.7 Å². The van der Waals surface area contributed by atoms with E-state index in [9.17, 15) is 5.11 Å². The Morgan fingerprint density at radius 3 is 2.71 bits per heavy atom. The van der Waals surface area contributed by atoms with Crippen LogP contribution in [0.15, 0.2) is 16.5 Å². The van der Waals surface area contributed by atoms with Crippen LogP contribution < -0.4 is 5.32 Å². The van der Waals surface area contributed by atoms with Gasteiger partial charge in [0.1, 0.15) is 11.5 Å². The first-order valence-electron chi connectivity index (χ1n) is 6.68. The van der Waals surface area contributed by atoms with E-state index in [0.717, 1.165) is 62.6 Å². The molecule has 0 aliphatic heterocycles. The first-order valence-corrected chi connectivity index (χ1v) is 6.68. The van der Waals surface area contributed by atoms with Gasteiger partial charge >= 0.3 is 0 Å². The fourth-order valence-electron chi connectivity index (χ4n) is 2.49. The lowest BCUT2D eigenvalue weighted by Gasteiger charge is -2.25. The molecule has 1 fully saturated rings. The number of rotatable bonds is 5. The van der Waals surface area contributed by atoms with E-state index < -0.39 is 0 Å². The lowest BCUT2D eigenvalue weighted by molar-refractivity contribution is 0.108. The van der Waals surface area contributed by atoms with E-state index >= 15 is 0 Å². The van der Waals surface area contributed by atoms with Crippen LogP contribution >= 0.6 is 0 Å². The smallest absolute Gasteiger partial charge is 0.105 e. The summed E-state index contributed by atoms with van der Waals surface area (Å²) in [5.41, 5.74) is 0. The molecule has 3 heteroatoms. The maximum absolute atomic E-state index is 9.42. The summed E-state index contributed by atoms with van der Waals surface area (Å²) in [7, 11) is 0. The minimum absolute atomic E-state index is 0.0441. The van der Waals surface area contributed by atoms with Gasteiger partial charge in [0.15, 0.2) is 0 Å². The molecule has 1 saturated carbocycles. The summed E-state index contributed by atoms with van der Waals surface area (Å²) in [6, 6.07) is 4.06. The van der Waals surface area contributed by atoms with Crippen molar-refractivity contribution in [1.82, 2.24) is 5.32 Å². The van der Waals surface area contributed by atoms with Gasteiger partial charge in [-0.15, -0.1) is 0 Å². The molecule has 0 amide bonds. The molecule has 0 spiro atoms. The van der Waals surface area contributed by atoms with Gasteiger partial charge in [0.2, 0.25) is 0 Å². The molecule has 0 unspecified atom stereocenters. The highest BCUT2D eigenvalue weighted by molar-refractivity contribution is 5.05. The van der Waals surface area contributed by atoms with Crippen molar-refractivity contribution in [2.24, 2.45) is 5.92 Å². The quantitative estimate of drug-likeness (QED) is 0.772. The van der Waals surface area contributed by atoms with E-state index in [1.54, 1.807) is 0 Å². The van der Waals surface area contributed by atoms with Crippen molar-refractivity contribution in [3.63, 3.8) is 0 Å². The highest BCUT2D eigenvalue weighted by Crippen LogP contribution is 2.23. The Kier molecular flexibility index (Phi) is 4.63. The van der Waals surface area contributed by atoms with Crippen molar-refractivity contribution >= 4 is 0 Å². The van der Waals surface area contributed by atoms with Crippen LogP contribution in [-0.2, 0) is 6.42 Å². The van der Waals surface area contributed by atoms with Crippen LogP contribution in [-0.4, -0.2) is 24.3 Å². The zero-order valence-corrected chi connectivity index (χ0v) is 10.6. The molecule has 2 rings (SSSR count). The van der Waals surface area contributed by atoms with Crippen molar-refractivity contribution in [2.45, 2.75) is 45.1 Å². The second-order valence-electron chi connectivity index (χ2n) is 5.14. The third kappa shape index (κ3) is 4.17. The summed E-state index contributed by atoms with van der Waals surface area (Å²) in [4.78, 5) is 0. The lowest BCUT2D eigenvalue weighted by Crippen LogP contribution is -2.29. The fourth-order valence-corrected chi connectivity index (χ4v) is 2.49. The second kappa shape index (κ2) is 6.22. The molecule has 0 aromatic carbocycles. The van der Waals surface area contributed by atoms with Gasteiger partial charge in [-0.2, -0.15) is 0 Å². The number of nitrogens with one attached hydrogen (secondary N) is 1. The fraction of sp³-hybridized carbons (Fsp3) is 0.714. The molecule has 1 aromatic rings. The molecule has 0 atom stereocenters. The van der Waals surface area contributed by atoms with Crippen LogP contribution in [0.25, 0.3) is 0 Å². The van der Waals surface area contributed by atoms with Gasteiger partial charge in [0.05, 0.1) is 6.10 Å². The number of aliphatic hydroxyl groups excluding tert-OH is 1. The monoisotopic (exact) mass is 237 g/mol. The summed E-state index contributed by atoms with van der Waals surface area (Å²) in [6.07, 6.45) is 5.19. The van der Waals surface area contributed by atoms with Crippen LogP contribution in [0.2, 0.25) is 0 Å². The van der Waals surface area contributed by atoms with E-state index in [0.29, 0.717) is 0 Å². The summed E-state index contributed by atoms with van der Waals surface area (Å²) in [5, 5.41) is 12.9. The molecule has 2 N–H and O–H groups in total. The third-order valence-corrected chi connectivity index (χ3v) is 3.59. The minimum Gasteiger partial charge on any atom is -0.466 e. The van der Waals surface area contributed by atoms with Crippen molar-refractivity contribution in [2.75, 3.05) is 13.1 Å². The molecule has 3 nitrogen and oxygen atoms in total. The third-order valence-electron chi connectivity index (χ3n) is 3.59. The normalized spacial score (nSPS) is 25.1. The van der Waals surface area contributed by atoms with E-state index in [2.05, 4.69) is 5.32 Å². The topological polar surface area (TPSA) is 45.4 Å². The first-order chi connectivity index (χ1) is 8.24. The molecule has 0 radical (unpaired) electrons. The molecule has 1 aliphatic rings. The van der Waals surface area contributed by atoms with Crippen LogP contribution in [0.3, 0.4) is 0 Å². The first kappa shape index (κ1) is 12.7. The Morgan fingerprint density at radius 1 is 1.29 bits per heavy atom. The Hall–Kier alpha value is -0.800. The molecule has 17 heavy (non-hydrogen) atoms. The van der Waals surface area contributed by atoms with Gasteiger partial charge in [0.25, 0.3) is 0 Å². The highest BCUT2D eigenvalue weighted by atomic mass is 16.3. The summed E-state index contributed by atoms with van der Waals surface area (Å²) < 4.78 is 5.52. The average molecular weight is 237 g/mol. The van der Waals surface area contributed by atoms with Gasteiger partial charge in [-0.3, -0.25) is 0 Å². The number of hydrogen-bond acceptors (Lipinski definition) is 3. The predicted molar refractivity (Wildman–Crippen MR) is 68.0 cm³/mol. The van der Waals surface area contributed by atoms with Crippen LogP contribution in [0.5, 0.6) is 0 Å². The molecule has 1 aliphatic carbocycles. The number of aliphatic hydroxyl groups is 1. The number of hydrogen-bond donors (Lipinski definition) is 2. The van der Waals surface area contributed by atoms with Crippen LogP contribution in [0.1, 0.15) is 37.2 Å². The highest BCUT2D eigenvalue weighted by Gasteiger charge is 2.18. The number of aryl methyl sites for hydroxylation is 1. The molecular formula is C14H23NO2. The van der Waals surface area contributed by atoms with Gasteiger partial charge in [-0.25, -0.2) is 0 Å². The lowest BCUT2D eigenvalue weighted by atomic mass is 9.87. The molecule has 1 aromatic heterocycles. The molecule has 0 bridgehead atoms. The summed E-state index contributed by atoms with van der Waals surface area (Å²) in [5.74, 6) is 2.80. The molecule has 0 saturated heterocycles. The van der Waals surface area contributed by atoms with Gasteiger partial charge in [-0.1, -0.05) is 0 Å². The SMILES string of the molecule is Cc1ccc(CCNCC2CCC(O)CC2)o1.